The first-order valence-corrected chi connectivity index (χ1v) is 9.95. The molecular formula is C19H15N5O5S. The molecule has 1 aromatic heterocycles. The molecule has 30 heavy (non-hydrogen) atoms. The Balaban J connectivity index is 2.00. The summed E-state index contributed by atoms with van der Waals surface area (Å²) in [5.41, 5.74) is 1.13. The Labute approximate surface area is 174 Å². The van der Waals surface area contributed by atoms with Gasteiger partial charge in [0.25, 0.3) is 5.69 Å². The second-order valence-electron chi connectivity index (χ2n) is 6.33. The number of nitro groups is 1. The van der Waals surface area contributed by atoms with Crippen LogP contribution in [0.1, 0.15) is 18.7 Å². The molecule has 1 unspecified atom stereocenters. The minimum Gasteiger partial charge on any atom is -0.507 e. The summed E-state index contributed by atoms with van der Waals surface area (Å²) in [7, 11) is 0. The first-order chi connectivity index (χ1) is 14.4. The van der Waals surface area contributed by atoms with Crippen molar-refractivity contribution in [1.82, 2.24) is 15.2 Å². The van der Waals surface area contributed by atoms with Crippen molar-refractivity contribution in [2.45, 2.75) is 18.3 Å². The molecule has 0 fully saturated rings. The molecule has 10 nitrogen and oxygen atoms in total. The van der Waals surface area contributed by atoms with E-state index in [1.165, 1.54) is 41.8 Å². The third-order valence-corrected chi connectivity index (χ3v) is 5.06. The van der Waals surface area contributed by atoms with Gasteiger partial charge in [-0.25, -0.2) is 0 Å². The molecule has 4 rings (SSSR count). The number of nitrogens with zero attached hydrogens (tertiary/aromatic N) is 5. The van der Waals surface area contributed by atoms with Gasteiger partial charge in [-0.05, 0) is 18.4 Å². The van der Waals surface area contributed by atoms with Crippen molar-refractivity contribution < 1.29 is 19.6 Å². The number of non-ortho nitro benzene ring substituents is 1. The maximum Gasteiger partial charge on any atom is 0.270 e. The Morgan fingerprint density at radius 3 is 2.73 bits per heavy atom. The van der Waals surface area contributed by atoms with Gasteiger partial charge in [-0.3, -0.25) is 19.8 Å². The summed E-state index contributed by atoms with van der Waals surface area (Å²) in [4.78, 5) is 29.0. The molecule has 1 aliphatic heterocycles. The maximum atomic E-state index is 12.7. The SMILES string of the molecule is CSc1nnc2c(n1)OC(c1cc([N+](=O)[O-])ccc1O)N(C(C)=O)c1ccccc1-2. The summed E-state index contributed by atoms with van der Waals surface area (Å²) in [6.45, 7) is 1.34. The van der Waals surface area contributed by atoms with Crippen LogP contribution >= 0.6 is 11.8 Å². The average molecular weight is 425 g/mol. The number of hydrogen-bond donors (Lipinski definition) is 1. The van der Waals surface area contributed by atoms with E-state index in [1.807, 2.05) is 0 Å². The van der Waals surface area contributed by atoms with Crippen LogP contribution in [0.4, 0.5) is 11.4 Å². The van der Waals surface area contributed by atoms with E-state index in [9.17, 15) is 20.0 Å². The zero-order chi connectivity index (χ0) is 21.4. The fraction of sp³-hybridized carbons (Fsp3) is 0.158. The van der Waals surface area contributed by atoms with Crippen LogP contribution in [0, 0.1) is 10.1 Å². The van der Waals surface area contributed by atoms with Gasteiger partial charge >= 0.3 is 0 Å². The van der Waals surface area contributed by atoms with E-state index in [0.29, 0.717) is 22.1 Å². The molecule has 0 radical (unpaired) electrons. The quantitative estimate of drug-likeness (QED) is 0.381. The summed E-state index contributed by atoms with van der Waals surface area (Å²) in [5, 5.41) is 30.4. The van der Waals surface area contributed by atoms with Gasteiger partial charge in [-0.2, -0.15) is 4.98 Å². The molecule has 0 saturated heterocycles. The lowest BCUT2D eigenvalue weighted by Gasteiger charge is -2.30. The molecule has 152 valence electrons. The highest BCUT2D eigenvalue weighted by molar-refractivity contribution is 7.98. The van der Waals surface area contributed by atoms with Crippen molar-refractivity contribution in [1.29, 1.82) is 0 Å². The number of anilines is 1. The fourth-order valence-electron chi connectivity index (χ4n) is 3.19. The van der Waals surface area contributed by atoms with Crippen molar-refractivity contribution in [2.75, 3.05) is 11.2 Å². The van der Waals surface area contributed by atoms with E-state index in [-0.39, 0.29) is 22.9 Å². The molecule has 3 aromatic rings. The number of benzene rings is 2. The number of phenols is 1. The zero-order valence-electron chi connectivity index (χ0n) is 15.8. The molecule has 1 aliphatic rings. The molecule has 1 N–H and O–H groups in total. The fourth-order valence-corrected chi connectivity index (χ4v) is 3.49. The number of fused-ring (bicyclic) bond motifs is 3. The number of aromatic hydroxyl groups is 1. The number of nitro benzene ring substituents is 1. The summed E-state index contributed by atoms with van der Waals surface area (Å²) in [6.07, 6.45) is 0.566. The second-order valence-corrected chi connectivity index (χ2v) is 7.10. The Hall–Kier alpha value is -3.73. The highest BCUT2D eigenvalue weighted by Crippen LogP contribution is 2.45. The van der Waals surface area contributed by atoms with Crippen LogP contribution in [0.3, 0.4) is 0 Å². The Morgan fingerprint density at radius 2 is 2.03 bits per heavy atom. The number of hydrogen-bond acceptors (Lipinski definition) is 9. The van der Waals surface area contributed by atoms with Crippen LogP contribution in [-0.4, -0.2) is 37.4 Å². The average Bonchev–Trinajstić information content (AvgIpc) is 2.87. The second kappa shape index (κ2) is 7.59. The van der Waals surface area contributed by atoms with E-state index in [2.05, 4.69) is 15.2 Å². The van der Waals surface area contributed by atoms with Crippen molar-refractivity contribution in [2.24, 2.45) is 0 Å². The first kappa shape index (κ1) is 19.6. The van der Waals surface area contributed by atoms with Crippen molar-refractivity contribution >= 4 is 29.0 Å². The topological polar surface area (TPSA) is 132 Å². The van der Waals surface area contributed by atoms with Crippen LogP contribution in [-0.2, 0) is 4.79 Å². The van der Waals surface area contributed by atoms with Gasteiger partial charge in [-0.15, -0.1) is 10.2 Å². The molecular weight excluding hydrogens is 410 g/mol. The highest BCUT2D eigenvalue weighted by Gasteiger charge is 2.36. The number of carbonyl (C=O) groups excluding carboxylic acids is 1. The number of rotatable bonds is 3. The van der Waals surface area contributed by atoms with Gasteiger partial charge in [0.1, 0.15) is 5.75 Å². The predicted molar refractivity (Wildman–Crippen MR) is 108 cm³/mol. The van der Waals surface area contributed by atoms with E-state index in [1.54, 1.807) is 30.5 Å². The minimum absolute atomic E-state index is 0.0476. The zero-order valence-corrected chi connectivity index (χ0v) is 16.7. The molecule has 0 spiro atoms. The largest absolute Gasteiger partial charge is 0.507 e. The highest BCUT2D eigenvalue weighted by atomic mass is 32.2. The van der Waals surface area contributed by atoms with Gasteiger partial charge < -0.3 is 9.84 Å². The van der Waals surface area contributed by atoms with E-state index in [4.69, 9.17) is 4.74 Å². The number of phenolic OH excluding ortho intramolecular Hbond substituents is 1. The summed E-state index contributed by atoms with van der Waals surface area (Å²) in [5.74, 6) is -0.560. The van der Waals surface area contributed by atoms with Crippen molar-refractivity contribution in [3.63, 3.8) is 0 Å². The molecule has 2 heterocycles. The van der Waals surface area contributed by atoms with Gasteiger partial charge in [0.2, 0.25) is 23.2 Å². The molecule has 0 saturated carbocycles. The number of carbonyl (C=O) groups is 1. The van der Waals surface area contributed by atoms with Crippen LogP contribution in [0.5, 0.6) is 11.6 Å². The third-order valence-electron chi connectivity index (χ3n) is 4.52. The summed E-state index contributed by atoms with van der Waals surface area (Å²) >= 11 is 1.26. The predicted octanol–water partition coefficient (Wildman–Crippen LogP) is 3.32. The molecule has 11 heteroatoms. The van der Waals surface area contributed by atoms with Gasteiger partial charge in [0.15, 0.2) is 5.69 Å². The van der Waals surface area contributed by atoms with Crippen LogP contribution in [0.2, 0.25) is 0 Å². The van der Waals surface area contributed by atoms with E-state index >= 15 is 0 Å². The van der Waals surface area contributed by atoms with Crippen LogP contribution < -0.4 is 9.64 Å². The number of para-hydroxylation sites is 1. The number of aromatic nitrogens is 3. The van der Waals surface area contributed by atoms with Gasteiger partial charge in [0, 0.05) is 24.6 Å². The van der Waals surface area contributed by atoms with Crippen molar-refractivity contribution in [3.05, 3.63) is 58.1 Å². The number of amides is 1. The molecule has 0 aliphatic carbocycles. The lowest BCUT2D eigenvalue weighted by molar-refractivity contribution is -0.385. The minimum atomic E-state index is -1.21. The Bertz CT molecular complexity index is 1170. The molecule has 1 atom stereocenters. The summed E-state index contributed by atoms with van der Waals surface area (Å²) in [6, 6.07) is 10.5. The normalized spacial score (nSPS) is 14.9. The Morgan fingerprint density at radius 1 is 1.27 bits per heavy atom. The van der Waals surface area contributed by atoms with E-state index < -0.39 is 17.1 Å². The number of ether oxygens (including phenoxy) is 1. The third kappa shape index (κ3) is 3.28. The van der Waals surface area contributed by atoms with Gasteiger partial charge in [0.05, 0.1) is 16.2 Å². The summed E-state index contributed by atoms with van der Waals surface area (Å²) < 4.78 is 6.05. The Kier molecular flexibility index (Phi) is 4.96. The lowest BCUT2D eigenvalue weighted by Crippen LogP contribution is -2.36. The standard InChI is InChI=1S/C19H15N5O5S/c1-10(25)23-14-6-4-3-5-12(14)16-17(20-19(30-2)22-21-16)29-18(23)13-9-11(24(27)28)7-8-15(13)26/h3-9,18,26H,1-2H3. The monoisotopic (exact) mass is 425 g/mol. The maximum absolute atomic E-state index is 12.7. The lowest BCUT2D eigenvalue weighted by atomic mass is 10.1. The van der Waals surface area contributed by atoms with Crippen LogP contribution in [0.25, 0.3) is 11.3 Å². The molecule has 2 aromatic carbocycles. The van der Waals surface area contributed by atoms with Crippen molar-refractivity contribution in [3.8, 4) is 22.9 Å². The smallest absolute Gasteiger partial charge is 0.270 e. The number of thioether (sulfide) groups is 1. The molecule has 0 bridgehead atoms. The molecule has 1 amide bonds. The first-order valence-electron chi connectivity index (χ1n) is 8.72. The van der Waals surface area contributed by atoms with Crippen LogP contribution in [0.15, 0.2) is 47.6 Å². The van der Waals surface area contributed by atoms with E-state index in [0.717, 1.165) is 0 Å². The van der Waals surface area contributed by atoms with Gasteiger partial charge in [-0.1, -0.05) is 30.0 Å².